The number of fused-ring (bicyclic) bond motifs is 3. The van der Waals surface area contributed by atoms with Crippen molar-refractivity contribution in [2.75, 3.05) is 39.5 Å². The van der Waals surface area contributed by atoms with Crippen molar-refractivity contribution in [3.05, 3.63) is 28.8 Å². The van der Waals surface area contributed by atoms with Gasteiger partial charge in [0.1, 0.15) is 11.3 Å². The Labute approximate surface area is 229 Å². The number of nitrogens with one attached hydrogen (secondary N) is 1. The van der Waals surface area contributed by atoms with E-state index in [1.54, 1.807) is 22.7 Å². The predicted molar refractivity (Wildman–Crippen MR) is 135 cm³/mol. The molecule has 0 aromatic carbocycles. The summed E-state index contributed by atoms with van der Waals surface area (Å²) in [6.45, 7) is 5.93. The van der Waals surface area contributed by atoms with Crippen molar-refractivity contribution in [3.8, 4) is 11.3 Å². The number of hydrogen-bond acceptors (Lipinski definition) is 7. The van der Waals surface area contributed by atoms with E-state index < -0.39 is 41.2 Å². The number of rotatable bonds is 7. The molecule has 13 heteroatoms. The third kappa shape index (κ3) is 5.67. The summed E-state index contributed by atoms with van der Waals surface area (Å²) in [6, 6.07) is 0. The number of hydrogen-bond donors (Lipinski definition) is 1. The smallest absolute Gasteiger partial charge is 0.420 e. The lowest BCUT2D eigenvalue weighted by atomic mass is 9.86. The second-order valence-corrected chi connectivity index (χ2v) is 10.7. The number of piperidine rings is 1. The SMILES string of the molecule is CCC(=O)C(=O)N1CCC(Cn2cc3c(n2)-c2c(oc(C(=O)NC[C@@H]4COCCO4)c2C(F)(F)F)C[C@@H]3C)CC1. The molecule has 5 rings (SSSR count). The molecule has 2 saturated heterocycles. The van der Waals surface area contributed by atoms with Crippen LogP contribution < -0.4 is 5.32 Å². The highest BCUT2D eigenvalue weighted by Gasteiger charge is 2.46. The topological polar surface area (TPSA) is 116 Å². The summed E-state index contributed by atoms with van der Waals surface area (Å²) in [6.07, 6.45) is -1.83. The number of ether oxygens (including phenoxy) is 2. The van der Waals surface area contributed by atoms with Gasteiger partial charge in [0.2, 0.25) is 11.5 Å². The number of nitrogens with zero attached hydrogens (tertiary/aromatic N) is 3. The Morgan fingerprint density at radius 3 is 2.58 bits per heavy atom. The van der Waals surface area contributed by atoms with E-state index in [9.17, 15) is 27.6 Å². The van der Waals surface area contributed by atoms with E-state index in [0.29, 0.717) is 51.3 Å². The quantitative estimate of drug-likeness (QED) is 0.512. The number of carbonyl (C=O) groups excluding carboxylic acids is 3. The zero-order chi connectivity index (χ0) is 28.6. The van der Waals surface area contributed by atoms with E-state index in [-0.39, 0.29) is 54.8 Å². The summed E-state index contributed by atoms with van der Waals surface area (Å²) in [7, 11) is 0. The van der Waals surface area contributed by atoms with Crippen molar-refractivity contribution in [1.82, 2.24) is 20.0 Å². The molecule has 3 aliphatic rings. The van der Waals surface area contributed by atoms with Gasteiger partial charge in [0.15, 0.2) is 0 Å². The predicted octanol–water partition coefficient (Wildman–Crippen LogP) is 3.18. The molecule has 2 amide bonds. The van der Waals surface area contributed by atoms with Crippen molar-refractivity contribution < 1.29 is 41.4 Å². The Balaban J connectivity index is 1.35. The van der Waals surface area contributed by atoms with Gasteiger partial charge in [-0.1, -0.05) is 13.8 Å². The van der Waals surface area contributed by atoms with Crippen LogP contribution >= 0.6 is 0 Å². The maximum atomic E-state index is 14.4. The van der Waals surface area contributed by atoms with Crippen LogP contribution in [0.2, 0.25) is 0 Å². The molecule has 2 aromatic heterocycles. The highest BCUT2D eigenvalue weighted by atomic mass is 19.4. The number of aromatic nitrogens is 2. The minimum Gasteiger partial charge on any atom is -0.455 e. The van der Waals surface area contributed by atoms with Gasteiger partial charge in [-0.05, 0) is 24.7 Å². The normalized spacial score (nSPS) is 21.6. The Morgan fingerprint density at radius 1 is 1.18 bits per heavy atom. The summed E-state index contributed by atoms with van der Waals surface area (Å²) in [5.74, 6) is -2.53. The molecule has 0 spiro atoms. The molecule has 1 aliphatic carbocycles. The van der Waals surface area contributed by atoms with Gasteiger partial charge in [-0.15, -0.1) is 0 Å². The summed E-state index contributed by atoms with van der Waals surface area (Å²) in [5, 5.41) is 7.05. The number of ketones is 1. The first-order valence-corrected chi connectivity index (χ1v) is 13.7. The number of carbonyl (C=O) groups is 3. The van der Waals surface area contributed by atoms with E-state index in [1.165, 1.54) is 0 Å². The number of alkyl halides is 3. The highest BCUT2D eigenvalue weighted by molar-refractivity contribution is 6.35. The third-order valence-electron chi connectivity index (χ3n) is 7.80. The van der Waals surface area contributed by atoms with Crippen LogP contribution in [0.1, 0.15) is 66.5 Å². The van der Waals surface area contributed by atoms with Crippen molar-refractivity contribution in [3.63, 3.8) is 0 Å². The van der Waals surface area contributed by atoms with Crippen LogP contribution in [0, 0.1) is 5.92 Å². The first-order chi connectivity index (χ1) is 19.1. The second-order valence-electron chi connectivity index (χ2n) is 10.7. The third-order valence-corrected chi connectivity index (χ3v) is 7.80. The molecular weight excluding hydrogens is 533 g/mol. The van der Waals surface area contributed by atoms with E-state index in [1.807, 2.05) is 6.92 Å². The van der Waals surface area contributed by atoms with Crippen LogP contribution in [0.4, 0.5) is 13.2 Å². The van der Waals surface area contributed by atoms with Crippen molar-refractivity contribution in [1.29, 1.82) is 0 Å². The van der Waals surface area contributed by atoms with Gasteiger partial charge in [-0.3, -0.25) is 19.1 Å². The molecule has 2 atom stereocenters. The van der Waals surface area contributed by atoms with E-state index >= 15 is 0 Å². The van der Waals surface area contributed by atoms with Gasteiger partial charge < -0.3 is 24.1 Å². The fourth-order valence-electron chi connectivity index (χ4n) is 5.63. The fraction of sp³-hybridized carbons (Fsp3) is 0.630. The minimum absolute atomic E-state index is 0.00516. The molecule has 0 bridgehead atoms. The Morgan fingerprint density at radius 2 is 1.93 bits per heavy atom. The minimum atomic E-state index is -4.84. The van der Waals surface area contributed by atoms with Crippen molar-refractivity contribution in [2.45, 2.75) is 64.3 Å². The maximum Gasteiger partial charge on any atom is 0.420 e. The number of halogens is 3. The van der Waals surface area contributed by atoms with Crippen LogP contribution in [0.15, 0.2) is 10.6 Å². The standard InChI is InChI=1S/C27H33F3N4O6/c1-3-19(35)26(37)33-6-4-16(5-7-33)12-34-13-18-15(2)10-20-21(23(18)32-34)22(27(28,29)30)24(40-20)25(36)31-11-17-14-38-8-9-39-17/h13,15-17H,3-12,14H2,1-2H3,(H,31,36)/t15-,17+/m0/s1. The number of likely N-dealkylation sites (tertiary alicyclic amines) is 1. The molecular formula is C27H33F3N4O6. The molecule has 4 heterocycles. The van der Waals surface area contributed by atoms with Gasteiger partial charge in [0, 0.05) is 50.8 Å². The Bertz CT molecular complexity index is 1270. The molecule has 1 N–H and O–H groups in total. The van der Waals surface area contributed by atoms with Gasteiger partial charge in [-0.2, -0.15) is 18.3 Å². The van der Waals surface area contributed by atoms with Crippen LogP contribution in [0.3, 0.4) is 0 Å². The molecule has 0 radical (unpaired) electrons. The fourth-order valence-corrected chi connectivity index (χ4v) is 5.63. The van der Waals surface area contributed by atoms with Gasteiger partial charge in [0.25, 0.3) is 11.8 Å². The molecule has 2 fully saturated rings. The lowest BCUT2D eigenvalue weighted by Crippen LogP contribution is -2.42. The monoisotopic (exact) mass is 566 g/mol. The molecule has 40 heavy (non-hydrogen) atoms. The van der Waals surface area contributed by atoms with Crippen molar-refractivity contribution >= 4 is 17.6 Å². The average molecular weight is 567 g/mol. The molecule has 0 unspecified atom stereocenters. The molecule has 0 saturated carbocycles. The lowest BCUT2D eigenvalue weighted by molar-refractivity contribution is -0.145. The van der Waals surface area contributed by atoms with Gasteiger partial charge >= 0.3 is 6.18 Å². The second kappa shape index (κ2) is 11.4. The molecule has 218 valence electrons. The first-order valence-electron chi connectivity index (χ1n) is 13.7. The largest absolute Gasteiger partial charge is 0.455 e. The number of Topliss-reactive ketones (excluding diaryl/α,β-unsaturated/α-hetero) is 1. The number of amides is 2. The summed E-state index contributed by atoms with van der Waals surface area (Å²) in [5.41, 5.74) is -0.458. The van der Waals surface area contributed by atoms with E-state index in [4.69, 9.17) is 13.9 Å². The Hall–Kier alpha value is -3.19. The lowest BCUT2D eigenvalue weighted by Gasteiger charge is -2.31. The first kappa shape index (κ1) is 28.3. The summed E-state index contributed by atoms with van der Waals surface area (Å²) < 4.78 is 61.2. The number of furan rings is 1. The molecule has 2 aliphatic heterocycles. The maximum absolute atomic E-state index is 14.4. The average Bonchev–Trinajstić information content (AvgIpc) is 3.54. The van der Waals surface area contributed by atoms with Gasteiger partial charge in [0.05, 0.1) is 37.2 Å². The van der Waals surface area contributed by atoms with E-state index in [0.717, 1.165) is 0 Å². The van der Waals surface area contributed by atoms with Gasteiger partial charge in [-0.25, -0.2) is 0 Å². The van der Waals surface area contributed by atoms with Crippen LogP contribution in [-0.4, -0.2) is 77.8 Å². The summed E-state index contributed by atoms with van der Waals surface area (Å²) >= 11 is 0. The molecule has 2 aromatic rings. The zero-order valence-corrected chi connectivity index (χ0v) is 22.5. The molecule has 10 nitrogen and oxygen atoms in total. The van der Waals surface area contributed by atoms with Crippen molar-refractivity contribution in [2.24, 2.45) is 5.92 Å². The van der Waals surface area contributed by atoms with Crippen LogP contribution in [-0.2, 0) is 38.2 Å². The zero-order valence-electron chi connectivity index (χ0n) is 22.5. The van der Waals surface area contributed by atoms with Crippen LogP contribution in [0.25, 0.3) is 11.3 Å². The van der Waals surface area contributed by atoms with E-state index in [2.05, 4.69) is 10.4 Å². The Kier molecular flexibility index (Phi) is 8.05. The van der Waals surface area contributed by atoms with Crippen LogP contribution in [0.5, 0.6) is 0 Å². The highest BCUT2D eigenvalue weighted by Crippen LogP contribution is 2.48. The summed E-state index contributed by atoms with van der Waals surface area (Å²) in [4.78, 5) is 38.4.